The molecular formula is C77H130O6. The van der Waals surface area contributed by atoms with Gasteiger partial charge in [0, 0.05) is 19.3 Å². The molecule has 0 aromatic rings. The van der Waals surface area contributed by atoms with Crippen molar-refractivity contribution in [2.75, 3.05) is 13.2 Å². The summed E-state index contributed by atoms with van der Waals surface area (Å²) in [6.45, 7) is 6.42. The molecule has 83 heavy (non-hydrogen) atoms. The van der Waals surface area contributed by atoms with Crippen LogP contribution in [-0.4, -0.2) is 37.2 Å². The third kappa shape index (κ3) is 68.5. The molecular weight excluding hydrogens is 1020 g/mol. The van der Waals surface area contributed by atoms with E-state index in [4.69, 9.17) is 14.2 Å². The largest absolute Gasteiger partial charge is 0.462 e. The number of hydrogen-bond acceptors (Lipinski definition) is 6. The van der Waals surface area contributed by atoms with Crippen molar-refractivity contribution in [2.45, 2.75) is 335 Å². The Kier molecular flexibility index (Phi) is 66.7. The average molecular weight is 1150 g/mol. The van der Waals surface area contributed by atoms with Gasteiger partial charge in [0.05, 0.1) is 0 Å². The second kappa shape index (κ2) is 70.3. The van der Waals surface area contributed by atoms with Crippen LogP contribution < -0.4 is 0 Å². The van der Waals surface area contributed by atoms with E-state index in [0.717, 1.165) is 122 Å². The SMILES string of the molecule is CC/C=C\C/C=C\C/C=C\C/C=C\C/C=C\CCCCCCCCCCCCCCCC(=O)OCC(COC(=O)CCCCCCCCCCC)OC(=O)CCCCCCCCCCCCC/C=C\C/C=C\C/C=C\C/C=C\C/C=C\CC. The van der Waals surface area contributed by atoms with Gasteiger partial charge in [0.1, 0.15) is 13.2 Å². The number of ether oxygens (including phenoxy) is 3. The summed E-state index contributed by atoms with van der Waals surface area (Å²) in [7, 11) is 0. The number of allylic oxidation sites excluding steroid dienone is 20. The van der Waals surface area contributed by atoms with Crippen molar-refractivity contribution < 1.29 is 28.6 Å². The summed E-state index contributed by atoms with van der Waals surface area (Å²) in [4.78, 5) is 38.3. The minimum atomic E-state index is -0.781. The molecule has 0 N–H and O–H groups in total. The Morgan fingerprint density at radius 2 is 0.470 bits per heavy atom. The van der Waals surface area contributed by atoms with E-state index < -0.39 is 6.10 Å². The molecule has 0 rings (SSSR count). The van der Waals surface area contributed by atoms with Gasteiger partial charge >= 0.3 is 17.9 Å². The maximum absolute atomic E-state index is 12.9. The highest BCUT2D eigenvalue weighted by molar-refractivity contribution is 5.71. The van der Waals surface area contributed by atoms with E-state index in [-0.39, 0.29) is 31.1 Å². The number of unbranched alkanes of at least 4 members (excludes halogenated alkanes) is 32. The Hall–Kier alpha value is -4.19. The smallest absolute Gasteiger partial charge is 0.306 e. The highest BCUT2D eigenvalue weighted by atomic mass is 16.6. The molecule has 6 nitrogen and oxygen atoms in total. The second-order valence-corrected chi connectivity index (χ2v) is 23.0. The molecule has 0 aromatic carbocycles. The van der Waals surface area contributed by atoms with Crippen molar-refractivity contribution in [2.24, 2.45) is 0 Å². The third-order valence-electron chi connectivity index (χ3n) is 15.0. The molecule has 0 saturated carbocycles. The summed E-state index contributed by atoms with van der Waals surface area (Å²) in [5.41, 5.74) is 0. The lowest BCUT2D eigenvalue weighted by Crippen LogP contribution is -2.30. The predicted octanol–water partition coefficient (Wildman–Crippen LogP) is 24.3. The van der Waals surface area contributed by atoms with Crippen LogP contribution in [0.1, 0.15) is 329 Å². The van der Waals surface area contributed by atoms with Crippen LogP contribution in [0.25, 0.3) is 0 Å². The van der Waals surface area contributed by atoms with Gasteiger partial charge in [-0.2, -0.15) is 0 Å². The number of esters is 3. The Bertz CT molecular complexity index is 1700. The fourth-order valence-electron chi connectivity index (χ4n) is 9.79. The summed E-state index contributed by atoms with van der Waals surface area (Å²) in [5, 5.41) is 0. The topological polar surface area (TPSA) is 78.9 Å². The summed E-state index contributed by atoms with van der Waals surface area (Å²) < 4.78 is 16.9. The first kappa shape index (κ1) is 78.8. The van der Waals surface area contributed by atoms with Crippen molar-refractivity contribution in [3.8, 4) is 0 Å². The van der Waals surface area contributed by atoms with Crippen LogP contribution in [0.4, 0.5) is 0 Å². The quantitative estimate of drug-likeness (QED) is 0.0261. The maximum Gasteiger partial charge on any atom is 0.306 e. The van der Waals surface area contributed by atoms with Crippen molar-refractivity contribution in [3.63, 3.8) is 0 Å². The highest BCUT2D eigenvalue weighted by Gasteiger charge is 2.19. The first-order chi connectivity index (χ1) is 41.0. The van der Waals surface area contributed by atoms with Crippen LogP contribution in [0.5, 0.6) is 0 Å². The molecule has 0 aromatic heterocycles. The maximum atomic E-state index is 12.9. The monoisotopic (exact) mass is 1150 g/mol. The van der Waals surface area contributed by atoms with Gasteiger partial charge in [0.2, 0.25) is 0 Å². The van der Waals surface area contributed by atoms with Crippen LogP contribution in [0.2, 0.25) is 0 Å². The van der Waals surface area contributed by atoms with Crippen LogP contribution in [0.15, 0.2) is 122 Å². The van der Waals surface area contributed by atoms with E-state index in [1.807, 2.05) is 0 Å². The molecule has 0 amide bonds. The molecule has 0 aliphatic heterocycles. The first-order valence-electron chi connectivity index (χ1n) is 35.0. The standard InChI is InChI=1S/C77H130O6/c1-4-7-10-13-16-19-21-23-25-27-29-31-33-35-37-38-40-41-43-45-47-49-51-53-55-58-61-64-67-70-76(79)82-73-74(72-81-75(78)69-66-63-60-57-18-15-12-9-6-3)83-77(80)71-68-65-62-59-56-54-52-50-48-46-44-42-39-36-34-32-30-28-26-24-22-20-17-14-11-8-5-2/h7-8,10-11,16-17,19-20,23-26,29-32,35-37,39,74H,4-6,9,12-15,18,21-22,27-28,33-34,38,40-73H2,1-3H3/b10-7-,11-8-,19-16-,20-17-,25-23-,26-24-,31-29-,32-30-,37-35-,39-36-. The zero-order chi connectivity index (χ0) is 59.9. The number of hydrogen-bond donors (Lipinski definition) is 0. The van der Waals surface area contributed by atoms with Gasteiger partial charge in [-0.1, -0.05) is 322 Å². The fraction of sp³-hybridized carbons (Fsp3) is 0.701. The molecule has 0 spiro atoms. The van der Waals surface area contributed by atoms with Crippen LogP contribution >= 0.6 is 0 Å². The Morgan fingerprint density at radius 3 is 0.735 bits per heavy atom. The normalized spacial score (nSPS) is 12.9. The van der Waals surface area contributed by atoms with Gasteiger partial charge < -0.3 is 14.2 Å². The van der Waals surface area contributed by atoms with E-state index >= 15 is 0 Å². The zero-order valence-electron chi connectivity index (χ0n) is 54.4. The summed E-state index contributed by atoms with van der Waals surface area (Å²) >= 11 is 0. The third-order valence-corrected chi connectivity index (χ3v) is 15.0. The molecule has 0 bridgehead atoms. The Labute approximate surface area is 513 Å². The molecule has 0 radical (unpaired) electrons. The van der Waals surface area contributed by atoms with E-state index in [9.17, 15) is 14.4 Å². The van der Waals surface area contributed by atoms with E-state index in [2.05, 4.69) is 142 Å². The number of carbonyl (C=O) groups is 3. The molecule has 6 heteroatoms. The molecule has 474 valence electrons. The van der Waals surface area contributed by atoms with E-state index in [1.54, 1.807) is 0 Å². The van der Waals surface area contributed by atoms with Crippen molar-refractivity contribution in [1.29, 1.82) is 0 Å². The van der Waals surface area contributed by atoms with Gasteiger partial charge in [-0.15, -0.1) is 0 Å². The summed E-state index contributed by atoms with van der Waals surface area (Å²) in [6.07, 6.45) is 98.0. The van der Waals surface area contributed by atoms with Gasteiger partial charge in [-0.05, 0) is 109 Å². The zero-order valence-corrected chi connectivity index (χ0v) is 54.4. The average Bonchev–Trinajstić information content (AvgIpc) is 3.49. The lowest BCUT2D eigenvalue weighted by atomic mass is 10.0. The number of carbonyl (C=O) groups excluding carboxylic acids is 3. The summed E-state index contributed by atoms with van der Waals surface area (Å²) in [5.74, 6) is -0.874. The van der Waals surface area contributed by atoms with Gasteiger partial charge in [-0.3, -0.25) is 14.4 Å². The second-order valence-electron chi connectivity index (χ2n) is 23.0. The minimum absolute atomic E-state index is 0.0774. The molecule has 0 heterocycles. The molecule has 0 aliphatic rings. The van der Waals surface area contributed by atoms with Gasteiger partial charge in [0.15, 0.2) is 6.10 Å². The van der Waals surface area contributed by atoms with Crippen molar-refractivity contribution >= 4 is 17.9 Å². The Morgan fingerprint density at radius 1 is 0.253 bits per heavy atom. The highest BCUT2D eigenvalue weighted by Crippen LogP contribution is 2.17. The lowest BCUT2D eigenvalue weighted by Gasteiger charge is -2.18. The summed E-state index contributed by atoms with van der Waals surface area (Å²) in [6, 6.07) is 0. The molecule has 0 saturated heterocycles. The Balaban J connectivity index is 4.17. The lowest BCUT2D eigenvalue weighted by molar-refractivity contribution is -0.167. The minimum Gasteiger partial charge on any atom is -0.462 e. The van der Waals surface area contributed by atoms with Gasteiger partial charge in [0.25, 0.3) is 0 Å². The fourth-order valence-corrected chi connectivity index (χ4v) is 9.79. The van der Waals surface area contributed by atoms with Crippen molar-refractivity contribution in [3.05, 3.63) is 122 Å². The predicted molar refractivity (Wildman–Crippen MR) is 362 cm³/mol. The van der Waals surface area contributed by atoms with Crippen LogP contribution in [0, 0.1) is 0 Å². The molecule has 1 atom stereocenters. The van der Waals surface area contributed by atoms with Crippen LogP contribution in [0.3, 0.4) is 0 Å². The van der Waals surface area contributed by atoms with Crippen molar-refractivity contribution in [1.82, 2.24) is 0 Å². The van der Waals surface area contributed by atoms with E-state index in [0.29, 0.717) is 19.3 Å². The van der Waals surface area contributed by atoms with E-state index in [1.165, 1.54) is 167 Å². The van der Waals surface area contributed by atoms with Gasteiger partial charge in [-0.25, -0.2) is 0 Å². The first-order valence-corrected chi connectivity index (χ1v) is 35.0. The molecule has 1 unspecified atom stereocenters. The van der Waals surface area contributed by atoms with Crippen LogP contribution in [-0.2, 0) is 28.6 Å². The molecule has 0 aliphatic carbocycles. The molecule has 0 fully saturated rings. The number of rotatable bonds is 63.